The summed E-state index contributed by atoms with van der Waals surface area (Å²) in [6.45, 7) is 4.34. The van der Waals surface area contributed by atoms with Gasteiger partial charge in [0.25, 0.3) is 0 Å². The van der Waals surface area contributed by atoms with Crippen LogP contribution in [0, 0.1) is 6.92 Å². The van der Waals surface area contributed by atoms with Crippen LogP contribution in [0.1, 0.15) is 30.5 Å². The number of H-pyrrole nitrogens is 1. The third-order valence-corrected chi connectivity index (χ3v) is 5.29. The summed E-state index contributed by atoms with van der Waals surface area (Å²) >= 11 is 0. The molecule has 3 aromatic rings. The fourth-order valence-electron chi connectivity index (χ4n) is 3.97. The first-order chi connectivity index (χ1) is 12.3. The molecule has 0 fully saturated rings. The molecule has 2 heteroatoms. The molecule has 25 heavy (non-hydrogen) atoms. The molecule has 0 spiro atoms. The Kier molecular flexibility index (Phi) is 4.60. The number of hydrogen-bond donors (Lipinski definition) is 1. The molecule has 4 rings (SSSR count). The van der Waals surface area contributed by atoms with E-state index in [1.54, 1.807) is 5.57 Å². The fourth-order valence-corrected chi connectivity index (χ4v) is 3.97. The number of anilines is 1. The Morgan fingerprint density at radius 1 is 0.960 bits per heavy atom. The molecule has 2 aromatic carbocycles. The number of fused-ring (bicyclic) bond motifs is 1. The molecule has 0 unspecified atom stereocenters. The number of nitrogens with zero attached hydrogens (tertiary/aromatic N) is 1. The van der Waals surface area contributed by atoms with Crippen LogP contribution in [0.5, 0.6) is 0 Å². The van der Waals surface area contributed by atoms with Crippen LogP contribution in [0.4, 0.5) is 5.69 Å². The zero-order valence-electron chi connectivity index (χ0n) is 15.0. The number of nitrogens with one attached hydrogen (secondary N) is 1. The second-order valence-corrected chi connectivity index (χ2v) is 7.04. The lowest BCUT2D eigenvalue weighted by molar-refractivity contribution is 0.716. The molecular weight excluding hydrogens is 304 g/mol. The molecule has 1 aromatic heterocycles. The molecule has 0 amide bonds. The van der Waals surface area contributed by atoms with Gasteiger partial charge in [-0.1, -0.05) is 60.2 Å². The van der Waals surface area contributed by atoms with Crippen molar-refractivity contribution in [3.05, 3.63) is 77.5 Å². The predicted molar refractivity (Wildman–Crippen MR) is 107 cm³/mol. The van der Waals surface area contributed by atoms with E-state index in [4.69, 9.17) is 0 Å². The fraction of sp³-hybridized carbons (Fsp3) is 0.304. The third kappa shape index (κ3) is 3.48. The predicted octanol–water partition coefficient (Wildman–Crippen LogP) is 5.64. The number of rotatable bonds is 5. The number of aromatic nitrogens is 1. The van der Waals surface area contributed by atoms with E-state index in [-0.39, 0.29) is 0 Å². The van der Waals surface area contributed by atoms with Gasteiger partial charge in [0.05, 0.1) is 5.69 Å². The molecule has 128 valence electrons. The van der Waals surface area contributed by atoms with E-state index in [0.717, 1.165) is 13.1 Å². The zero-order chi connectivity index (χ0) is 17.1. The largest absolute Gasteiger partial charge is 0.366 e. The maximum atomic E-state index is 3.53. The van der Waals surface area contributed by atoms with Crippen LogP contribution in [-0.2, 0) is 6.42 Å². The van der Waals surface area contributed by atoms with E-state index in [9.17, 15) is 0 Å². The average molecular weight is 330 g/mol. The highest BCUT2D eigenvalue weighted by atomic mass is 15.1. The van der Waals surface area contributed by atoms with Gasteiger partial charge in [0.1, 0.15) is 0 Å². The lowest BCUT2D eigenvalue weighted by atomic mass is 9.99. The van der Waals surface area contributed by atoms with Crippen molar-refractivity contribution in [2.45, 2.75) is 32.6 Å². The topological polar surface area (TPSA) is 19.0 Å². The van der Waals surface area contributed by atoms with Crippen molar-refractivity contribution in [2.24, 2.45) is 0 Å². The van der Waals surface area contributed by atoms with Crippen LogP contribution < -0.4 is 4.90 Å². The number of benzene rings is 2. The van der Waals surface area contributed by atoms with Crippen LogP contribution in [0.2, 0.25) is 0 Å². The molecule has 0 aliphatic carbocycles. The maximum Gasteiger partial charge on any atom is 0.0657 e. The number of para-hydroxylation sites is 1. The molecule has 2 heterocycles. The van der Waals surface area contributed by atoms with Gasteiger partial charge >= 0.3 is 0 Å². The minimum atomic E-state index is 1.03. The number of aryl methyl sites for hydroxylation is 2. The van der Waals surface area contributed by atoms with Crippen molar-refractivity contribution in [1.82, 2.24) is 4.98 Å². The highest BCUT2D eigenvalue weighted by molar-refractivity contribution is 5.95. The van der Waals surface area contributed by atoms with E-state index in [1.165, 1.54) is 53.5 Å². The molecule has 1 N–H and O–H groups in total. The highest BCUT2D eigenvalue weighted by Gasteiger charge is 2.17. The standard InChI is InChI=1S/C23H26N2/c1-18-23(21-12-5-6-13-22(21)24-18)25-16-14-20(15-17-25)11-7-10-19-8-3-2-4-9-19/h2-6,8-9,12-14,24H,7,10-11,15-17H2,1H3. The van der Waals surface area contributed by atoms with E-state index >= 15 is 0 Å². The van der Waals surface area contributed by atoms with Crippen LogP contribution >= 0.6 is 0 Å². The Labute approximate surface area is 150 Å². The Bertz CT molecular complexity index is 874. The molecule has 1 aliphatic heterocycles. The second-order valence-electron chi connectivity index (χ2n) is 7.04. The first-order valence-electron chi connectivity index (χ1n) is 9.35. The van der Waals surface area contributed by atoms with Gasteiger partial charge in [0.15, 0.2) is 0 Å². The molecule has 0 bridgehead atoms. The zero-order valence-corrected chi connectivity index (χ0v) is 15.0. The Balaban J connectivity index is 1.39. The van der Waals surface area contributed by atoms with Gasteiger partial charge in [0, 0.05) is 29.7 Å². The minimum absolute atomic E-state index is 1.03. The van der Waals surface area contributed by atoms with Gasteiger partial charge in [-0.05, 0) is 44.2 Å². The third-order valence-electron chi connectivity index (χ3n) is 5.29. The summed E-state index contributed by atoms with van der Waals surface area (Å²) in [6, 6.07) is 19.5. The Morgan fingerprint density at radius 2 is 1.76 bits per heavy atom. The minimum Gasteiger partial charge on any atom is -0.366 e. The lowest BCUT2D eigenvalue weighted by Crippen LogP contribution is -2.28. The SMILES string of the molecule is Cc1[nH]c2ccccc2c1N1CC=C(CCCc2ccccc2)CC1. The quantitative estimate of drug-likeness (QED) is 0.600. The van der Waals surface area contributed by atoms with Gasteiger partial charge in [0.2, 0.25) is 0 Å². The molecule has 1 aliphatic rings. The summed E-state index contributed by atoms with van der Waals surface area (Å²) in [5.74, 6) is 0. The number of aromatic amines is 1. The normalized spacial score (nSPS) is 14.8. The Morgan fingerprint density at radius 3 is 2.56 bits per heavy atom. The smallest absolute Gasteiger partial charge is 0.0657 e. The Hall–Kier alpha value is -2.48. The first-order valence-corrected chi connectivity index (χ1v) is 9.35. The highest BCUT2D eigenvalue weighted by Crippen LogP contribution is 2.32. The van der Waals surface area contributed by atoms with Crippen LogP contribution in [0.15, 0.2) is 66.2 Å². The maximum absolute atomic E-state index is 3.53. The molecule has 0 atom stereocenters. The summed E-state index contributed by atoms with van der Waals surface area (Å²) in [7, 11) is 0. The van der Waals surface area contributed by atoms with Crippen molar-refractivity contribution in [3.63, 3.8) is 0 Å². The molecular formula is C23H26N2. The van der Waals surface area contributed by atoms with Gasteiger partial charge in [-0.2, -0.15) is 0 Å². The van der Waals surface area contributed by atoms with Crippen molar-refractivity contribution in [3.8, 4) is 0 Å². The van der Waals surface area contributed by atoms with E-state index in [2.05, 4.69) is 77.5 Å². The lowest BCUT2D eigenvalue weighted by Gasteiger charge is -2.29. The monoisotopic (exact) mass is 330 g/mol. The van der Waals surface area contributed by atoms with Gasteiger partial charge < -0.3 is 9.88 Å². The van der Waals surface area contributed by atoms with Crippen LogP contribution in [-0.4, -0.2) is 18.1 Å². The number of hydrogen-bond acceptors (Lipinski definition) is 1. The summed E-state index contributed by atoms with van der Waals surface area (Å²) in [4.78, 5) is 6.05. The van der Waals surface area contributed by atoms with Crippen LogP contribution in [0.3, 0.4) is 0 Å². The van der Waals surface area contributed by atoms with E-state index in [0.29, 0.717) is 0 Å². The molecule has 0 saturated carbocycles. The molecule has 0 radical (unpaired) electrons. The average Bonchev–Trinajstić information content (AvgIpc) is 2.99. The second kappa shape index (κ2) is 7.18. The van der Waals surface area contributed by atoms with E-state index < -0.39 is 0 Å². The van der Waals surface area contributed by atoms with Gasteiger partial charge in [-0.15, -0.1) is 0 Å². The molecule has 2 nitrogen and oxygen atoms in total. The van der Waals surface area contributed by atoms with Gasteiger partial charge in [-0.3, -0.25) is 0 Å². The summed E-state index contributed by atoms with van der Waals surface area (Å²) < 4.78 is 0. The van der Waals surface area contributed by atoms with Gasteiger partial charge in [-0.25, -0.2) is 0 Å². The van der Waals surface area contributed by atoms with Crippen LogP contribution in [0.25, 0.3) is 10.9 Å². The van der Waals surface area contributed by atoms with Crippen molar-refractivity contribution < 1.29 is 0 Å². The summed E-state index contributed by atoms with van der Waals surface area (Å²) in [6.07, 6.45) is 7.31. The van der Waals surface area contributed by atoms with E-state index in [1.807, 2.05) is 0 Å². The molecule has 0 saturated heterocycles. The van der Waals surface area contributed by atoms with Crippen molar-refractivity contribution in [2.75, 3.05) is 18.0 Å². The van der Waals surface area contributed by atoms with Crippen molar-refractivity contribution >= 4 is 16.6 Å². The first kappa shape index (κ1) is 16.0. The summed E-state index contributed by atoms with van der Waals surface area (Å²) in [5.41, 5.74) is 6.99. The summed E-state index contributed by atoms with van der Waals surface area (Å²) in [5, 5.41) is 1.35. The van der Waals surface area contributed by atoms with Crippen molar-refractivity contribution in [1.29, 1.82) is 0 Å².